The van der Waals surface area contributed by atoms with Crippen LogP contribution in [0.1, 0.15) is 135 Å². The number of carbonyl (C=O) groups excluding carboxylic acids is 5. The maximum absolute atomic E-state index is 15.0. The lowest BCUT2D eigenvalue weighted by Crippen LogP contribution is -2.55. The molecule has 5 amide bonds. The van der Waals surface area contributed by atoms with Crippen LogP contribution in [0.15, 0.2) is 71.5 Å². The highest BCUT2D eigenvalue weighted by molar-refractivity contribution is 5.95. The summed E-state index contributed by atoms with van der Waals surface area (Å²) in [5.74, 6) is 0.691. The smallest absolute Gasteiger partial charge is 0.272 e. The van der Waals surface area contributed by atoms with E-state index in [0.29, 0.717) is 79.1 Å². The molecule has 2 unspecified atom stereocenters. The van der Waals surface area contributed by atoms with E-state index in [0.717, 1.165) is 95.4 Å². The summed E-state index contributed by atoms with van der Waals surface area (Å²) < 4.78 is 15.0. The SMILES string of the molecule is CC(C)(C)C(=O)N1CCCC(c2cccc(C(N)=O)c2)C1.CC1CN(CC2CCN(CC(=O)N3CCN(C(=O)c4cc(Cc5n[nH]c(=O)c6ccccc56)ccc4F)CC3)CC2)CCN1C(=O)CC1CCCCC1. The Labute approximate surface area is 436 Å². The second kappa shape index (κ2) is 24.6. The molecular weight excluding hydrogens is 938 g/mol. The first kappa shape index (κ1) is 54.3. The number of nitrogens with zero attached hydrogens (tertiary/aromatic N) is 7. The predicted octanol–water partition coefficient (Wildman–Crippen LogP) is 6.69. The zero-order valence-corrected chi connectivity index (χ0v) is 44.2. The van der Waals surface area contributed by atoms with Crippen molar-refractivity contribution in [1.29, 1.82) is 0 Å². The minimum atomic E-state index is -0.586. The number of nitrogens with two attached hydrogens (primary N) is 1. The zero-order valence-electron chi connectivity index (χ0n) is 44.2. The van der Waals surface area contributed by atoms with Gasteiger partial charge in [0.2, 0.25) is 23.6 Å². The first-order valence-electron chi connectivity index (χ1n) is 27.3. The summed E-state index contributed by atoms with van der Waals surface area (Å²) in [4.78, 5) is 88.1. The van der Waals surface area contributed by atoms with Crippen LogP contribution in [-0.2, 0) is 20.8 Å². The number of nitrogens with one attached hydrogen (secondary N) is 1. The minimum Gasteiger partial charge on any atom is -0.366 e. The van der Waals surface area contributed by atoms with Gasteiger partial charge in [0.05, 0.1) is 23.2 Å². The van der Waals surface area contributed by atoms with Crippen LogP contribution in [0.5, 0.6) is 0 Å². The number of primary amides is 1. The Balaban J connectivity index is 0.000000290. The number of halogens is 1. The molecule has 1 saturated carbocycles. The number of hydrogen-bond donors (Lipinski definition) is 2. The highest BCUT2D eigenvalue weighted by Crippen LogP contribution is 2.31. The first-order valence-corrected chi connectivity index (χ1v) is 27.3. The van der Waals surface area contributed by atoms with Gasteiger partial charge in [0, 0.05) is 107 Å². The lowest BCUT2D eigenvalue weighted by Gasteiger charge is -2.43. The number of amides is 5. The summed E-state index contributed by atoms with van der Waals surface area (Å²) in [6.45, 7) is 17.1. The summed E-state index contributed by atoms with van der Waals surface area (Å²) >= 11 is 0. The van der Waals surface area contributed by atoms with E-state index in [-0.39, 0.29) is 46.2 Å². The largest absolute Gasteiger partial charge is 0.366 e. The number of aromatic amines is 1. The number of aromatic nitrogens is 2. The van der Waals surface area contributed by atoms with Gasteiger partial charge in [-0.1, -0.05) is 76.4 Å². The van der Waals surface area contributed by atoms with Gasteiger partial charge < -0.3 is 25.3 Å². The van der Waals surface area contributed by atoms with Crippen molar-refractivity contribution in [2.45, 2.75) is 110 Å². The molecular formula is C58H78FN9O6. The van der Waals surface area contributed by atoms with Gasteiger partial charge in [-0.15, -0.1) is 0 Å². The Hall–Kier alpha value is -6.00. The van der Waals surface area contributed by atoms with Gasteiger partial charge in [0.15, 0.2) is 0 Å². The molecule has 0 spiro atoms. The number of benzene rings is 3. The second-order valence-corrected chi connectivity index (χ2v) is 22.7. The van der Waals surface area contributed by atoms with Crippen LogP contribution in [0.25, 0.3) is 10.8 Å². The topological polar surface area (TPSA) is 177 Å². The van der Waals surface area contributed by atoms with E-state index >= 15 is 0 Å². The van der Waals surface area contributed by atoms with Crippen molar-refractivity contribution in [2.75, 3.05) is 85.1 Å². The normalized spacial score (nSPS) is 20.8. The maximum Gasteiger partial charge on any atom is 0.272 e. The first-order chi connectivity index (χ1) is 35.5. The summed E-state index contributed by atoms with van der Waals surface area (Å²) in [7, 11) is 0. The molecule has 5 fully saturated rings. The molecule has 2 atom stereocenters. The van der Waals surface area contributed by atoms with Crippen molar-refractivity contribution in [3.8, 4) is 0 Å². The number of fused-ring (bicyclic) bond motifs is 1. The van der Waals surface area contributed by atoms with E-state index in [1.807, 2.05) is 60.9 Å². The monoisotopic (exact) mass is 1020 g/mol. The van der Waals surface area contributed by atoms with E-state index in [1.54, 1.807) is 35.2 Å². The van der Waals surface area contributed by atoms with E-state index in [4.69, 9.17) is 5.73 Å². The second-order valence-electron chi connectivity index (χ2n) is 22.7. The molecule has 0 bridgehead atoms. The van der Waals surface area contributed by atoms with E-state index in [1.165, 1.54) is 38.2 Å². The number of hydrogen-bond acceptors (Lipinski definition) is 9. The van der Waals surface area contributed by atoms with E-state index in [2.05, 4.69) is 31.8 Å². The highest BCUT2D eigenvalue weighted by Gasteiger charge is 2.34. The Morgan fingerprint density at radius 3 is 2.12 bits per heavy atom. The fraction of sp³-hybridized carbons (Fsp3) is 0.569. The summed E-state index contributed by atoms with van der Waals surface area (Å²) in [5, 5.41) is 8.01. The highest BCUT2D eigenvalue weighted by atomic mass is 19.1. The van der Waals surface area contributed by atoms with Crippen molar-refractivity contribution >= 4 is 40.3 Å². The van der Waals surface area contributed by atoms with Gasteiger partial charge in [-0.05, 0) is 112 Å². The molecule has 1 aromatic heterocycles. The molecule has 5 aliphatic rings. The molecule has 4 aliphatic heterocycles. The third-order valence-electron chi connectivity index (χ3n) is 16.1. The van der Waals surface area contributed by atoms with Crippen molar-refractivity contribution in [3.05, 3.63) is 111 Å². The fourth-order valence-corrected chi connectivity index (χ4v) is 11.8. The van der Waals surface area contributed by atoms with Gasteiger partial charge in [-0.25, -0.2) is 9.49 Å². The Morgan fingerprint density at radius 1 is 0.703 bits per heavy atom. The molecule has 0 radical (unpaired) electrons. The quantitative estimate of drug-likeness (QED) is 0.166. The van der Waals surface area contributed by atoms with Crippen molar-refractivity contribution in [2.24, 2.45) is 23.0 Å². The molecule has 15 nitrogen and oxygen atoms in total. The maximum atomic E-state index is 15.0. The molecule has 4 aromatic rings. The molecule has 16 heteroatoms. The third kappa shape index (κ3) is 13.8. The number of likely N-dealkylation sites (tertiary alicyclic amines) is 2. The minimum absolute atomic E-state index is 0.00152. The predicted molar refractivity (Wildman–Crippen MR) is 285 cm³/mol. The number of piperazine rings is 2. The van der Waals surface area contributed by atoms with Crippen molar-refractivity contribution < 1.29 is 28.4 Å². The molecule has 5 heterocycles. The number of carbonyl (C=O) groups is 5. The van der Waals surface area contributed by atoms with Gasteiger partial charge in [0.1, 0.15) is 5.82 Å². The summed E-state index contributed by atoms with van der Waals surface area (Å²) in [6.07, 6.45) is 11.5. The van der Waals surface area contributed by atoms with Crippen LogP contribution < -0.4 is 11.3 Å². The number of piperidine rings is 2. The molecule has 398 valence electrons. The van der Waals surface area contributed by atoms with Gasteiger partial charge in [0.25, 0.3) is 11.5 Å². The molecule has 1 aliphatic carbocycles. The Kier molecular flexibility index (Phi) is 18.0. The Morgan fingerprint density at radius 2 is 1.42 bits per heavy atom. The van der Waals surface area contributed by atoms with E-state index < -0.39 is 11.7 Å². The molecule has 9 rings (SSSR count). The lowest BCUT2D eigenvalue weighted by atomic mass is 9.86. The van der Waals surface area contributed by atoms with E-state index in [9.17, 15) is 33.2 Å². The lowest BCUT2D eigenvalue weighted by molar-refractivity contribution is -0.140. The zero-order chi connectivity index (χ0) is 52.5. The third-order valence-corrected chi connectivity index (χ3v) is 16.1. The van der Waals surface area contributed by atoms with Crippen LogP contribution in [0.4, 0.5) is 4.39 Å². The van der Waals surface area contributed by atoms with Crippen molar-refractivity contribution in [3.63, 3.8) is 0 Å². The fourth-order valence-electron chi connectivity index (χ4n) is 11.8. The molecule has 74 heavy (non-hydrogen) atoms. The summed E-state index contributed by atoms with van der Waals surface area (Å²) in [6, 6.07) is 19.4. The number of rotatable bonds is 11. The van der Waals surface area contributed by atoms with Gasteiger partial charge >= 0.3 is 0 Å². The molecule has 3 N–H and O–H groups in total. The summed E-state index contributed by atoms with van der Waals surface area (Å²) in [5.41, 5.74) is 7.70. The average Bonchev–Trinajstić information content (AvgIpc) is 3.40. The van der Waals surface area contributed by atoms with Crippen LogP contribution in [-0.4, -0.2) is 160 Å². The van der Waals surface area contributed by atoms with Crippen LogP contribution in [0.3, 0.4) is 0 Å². The average molecular weight is 1020 g/mol. The standard InChI is InChI=1S/C41H54FN7O4.C17H24N2O2/c1-29-26-46(17-22-49(29)38(50)25-30-7-3-2-4-8-30)27-31-13-15-45(16-14-31)28-39(51)47-18-20-48(21-19-47)41(53)35-23-32(11-12-36(35)42)24-37-33-9-5-6-10-34(33)40(52)44-43-37;1-17(2,3)16(21)19-9-5-8-14(11-19)12-6-4-7-13(10-12)15(18)20/h5-6,9-12,23,29-31H,2-4,7-8,13-22,24-28H2,1H3,(H,44,52);4,6-7,10,14H,5,8-9,11H2,1-3H3,(H2,18,20). The van der Waals surface area contributed by atoms with Crippen LogP contribution >= 0.6 is 0 Å². The Bertz CT molecular complexity index is 2680. The van der Waals surface area contributed by atoms with Crippen molar-refractivity contribution in [1.82, 2.24) is 39.6 Å². The van der Waals surface area contributed by atoms with Crippen LogP contribution in [0, 0.1) is 23.1 Å². The molecule has 4 saturated heterocycles. The molecule has 3 aromatic carbocycles. The van der Waals surface area contributed by atoms with Gasteiger partial charge in [-0.3, -0.25) is 38.6 Å². The van der Waals surface area contributed by atoms with Gasteiger partial charge in [-0.2, -0.15) is 5.10 Å². The number of H-pyrrole nitrogens is 1. The van der Waals surface area contributed by atoms with Crippen LogP contribution in [0.2, 0.25) is 0 Å².